The van der Waals surface area contributed by atoms with Gasteiger partial charge < -0.3 is 4.90 Å². The summed E-state index contributed by atoms with van der Waals surface area (Å²) in [5, 5.41) is 14.3. The highest BCUT2D eigenvalue weighted by Gasteiger charge is 2.13. The lowest BCUT2D eigenvalue weighted by atomic mass is 10.1. The SMILES string of the molecule is CCN(c1ccc(Cl)cc1)c1nc(-c2ccc([N+](=O)[O-])cc2)cs1. The van der Waals surface area contributed by atoms with Gasteiger partial charge in [0.15, 0.2) is 5.13 Å². The molecule has 0 bridgehead atoms. The third-order valence-corrected chi connectivity index (χ3v) is 4.67. The minimum absolute atomic E-state index is 0.0746. The van der Waals surface area contributed by atoms with E-state index in [-0.39, 0.29) is 5.69 Å². The summed E-state index contributed by atoms with van der Waals surface area (Å²) in [5.41, 5.74) is 2.75. The molecule has 0 aliphatic rings. The number of aromatic nitrogens is 1. The molecule has 0 aliphatic carbocycles. The molecule has 0 aliphatic heterocycles. The fourth-order valence-corrected chi connectivity index (χ4v) is 3.37. The van der Waals surface area contributed by atoms with E-state index >= 15 is 0 Å². The van der Waals surface area contributed by atoms with Crippen LogP contribution in [-0.4, -0.2) is 16.5 Å². The van der Waals surface area contributed by atoms with Gasteiger partial charge in [0.1, 0.15) is 0 Å². The van der Waals surface area contributed by atoms with Gasteiger partial charge in [0.2, 0.25) is 0 Å². The maximum atomic E-state index is 10.7. The van der Waals surface area contributed by atoms with Crippen molar-refractivity contribution < 1.29 is 4.92 Å². The van der Waals surface area contributed by atoms with Gasteiger partial charge in [0.25, 0.3) is 5.69 Å². The molecule has 7 heteroatoms. The molecule has 5 nitrogen and oxygen atoms in total. The molecule has 122 valence electrons. The van der Waals surface area contributed by atoms with Crippen LogP contribution in [-0.2, 0) is 0 Å². The highest BCUT2D eigenvalue weighted by atomic mass is 35.5. The third-order valence-electron chi connectivity index (χ3n) is 3.55. The van der Waals surface area contributed by atoms with Gasteiger partial charge in [0, 0.05) is 40.3 Å². The standard InChI is InChI=1S/C17H14ClN3O2S/c1-2-20(14-9-5-13(18)6-10-14)17-19-16(11-24-17)12-3-7-15(8-4-12)21(22)23/h3-11H,2H2,1H3. The zero-order valence-electron chi connectivity index (χ0n) is 12.8. The Labute approximate surface area is 148 Å². The normalized spacial score (nSPS) is 10.6. The highest BCUT2D eigenvalue weighted by Crippen LogP contribution is 2.32. The van der Waals surface area contributed by atoms with Crippen LogP contribution in [0, 0.1) is 10.1 Å². The second kappa shape index (κ2) is 6.98. The van der Waals surface area contributed by atoms with Crippen LogP contribution in [0.2, 0.25) is 5.02 Å². The molecule has 3 aromatic rings. The summed E-state index contributed by atoms with van der Waals surface area (Å²) < 4.78 is 0. The molecular formula is C17H14ClN3O2S. The zero-order valence-corrected chi connectivity index (χ0v) is 14.4. The first-order valence-electron chi connectivity index (χ1n) is 7.32. The number of non-ortho nitro benzene ring substituents is 1. The van der Waals surface area contributed by atoms with Gasteiger partial charge in [-0.1, -0.05) is 11.6 Å². The van der Waals surface area contributed by atoms with Crippen LogP contribution in [0.5, 0.6) is 0 Å². The smallest absolute Gasteiger partial charge is 0.269 e. The van der Waals surface area contributed by atoms with Crippen LogP contribution >= 0.6 is 22.9 Å². The molecule has 1 heterocycles. The van der Waals surface area contributed by atoms with Crippen LogP contribution in [0.25, 0.3) is 11.3 Å². The first kappa shape index (κ1) is 16.4. The van der Waals surface area contributed by atoms with Crippen molar-refractivity contribution in [2.75, 3.05) is 11.4 Å². The maximum absolute atomic E-state index is 10.7. The summed E-state index contributed by atoms with van der Waals surface area (Å²) in [7, 11) is 0. The second-order valence-electron chi connectivity index (χ2n) is 5.04. The predicted octanol–water partition coefficient (Wildman–Crippen LogP) is 5.53. The summed E-state index contributed by atoms with van der Waals surface area (Å²) in [6, 6.07) is 14.0. The van der Waals surface area contributed by atoms with E-state index in [0.29, 0.717) is 5.02 Å². The molecule has 2 aromatic carbocycles. The van der Waals surface area contributed by atoms with Crippen molar-refractivity contribution in [1.82, 2.24) is 4.98 Å². The number of hydrogen-bond donors (Lipinski definition) is 0. The van der Waals surface area contributed by atoms with Gasteiger partial charge in [-0.3, -0.25) is 10.1 Å². The number of nitro benzene ring substituents is 1. The number of rotatable bonds is 5. The van der Waals surface area contributed by atoms with Crippen molar-refractivity contribution in [2.24, 2.45) is 0 Å². The Hall–Kier alpha value is -2.44. The molecule has 0 N–H and O–H groups in total. The topological polar surface area (TPSA) is 59.3 Å². The van der Waals surface area contributed by atoms with Crippen molar-refractivity contribution in [3.63, 3.8) is 0 Å². The average Bonchev–Trinajstić information content (AvgIpc) is 3.07. The number of hydrogen-bond acceptors (Lipinski definition) is 5. The minimum atomic E-state index is -0.407. The molecule has 1 aromatic heterocycles. The minimum Gasteiger partial charge on any atom is -0.318 e. The van der Waals surface area contributed by atoms with Crippen LogP contribution in [0.4, 0.5) is 16.5 Å². The van der Waals surface area contributed by atoms with Crippen molar-refractivity contribution in [3.05, 3.63) is 69.0 Å². The van der Waals surface area contributed by atoms with Gasteiger partial charge >= 0.3 is 0 Å². The average molecular weight is 360 g/mol. The van der Waals surface area contributed by atoms with E-state index in [9.17, 15) is 10.1 Å². The molecule has 0 unspecified atom stereocenters. The van der Waals surface area contributed by atoms with E-state index in [1.165, 1.54) is 23.5 Å². The van der Waals surface area contributed by atoms with E-state index < -0.39 is 4.92 Å². The largest absolute Gasteiger partial charge is 0.318 e. The number of thiazole rings is 1. The van der Waals surface area contributed by atoms with Crippen molar-refractivity contribution >= 4 is 39.4 Å². The molecule has 0 radical (unpaired) electrons. The lowest BCUT2D eigenvalue weighted by Crippen LogP contribution is -2.15. The van der Waals surface area contributed by atoms with Gasteiger partial charge in [-0.2, -0.15) is 0 Å². The van der Waals surface area contributed by atoms with Crippen LogP contribution < -0.4 is 4.90 Å². The number of nitro groups is 1. The molecule has 0 fully saturated rings. The molecular weight excluding hydrogens is 346 g/mol. The van der Waals surface area contributed by atoms with E-state index in [1.807, 2.05) is 29.6 Å². The first-order chi connectivity index (χ1) is 11.6. The van der Waals surface area contributed by atoms with E-state index in [2.05, 4.69) is 16.8 Å². The molecule has 0 spiro atoms. The second-order valence-corrected chi connectivity index (χ2v) is 6.31. The summed E-state index contributed by atoms with van der Waals surface area (Å²) in [6.45, 7) is 2.83. The van der Waals surface area contributed by atoms with Crippen LogP contribution in [0.3, 0.4) is 0 Å². The molecule has 24 heavy (non-hydrogen) atoms. The quantitative estimate of drug-likeness (QED) is 0.444. The Balaban J connectivity index is 1.88. The molecule has 0 amide bonds. The van der Waals surface area contributed by atoms with E-state index in [4.69, 9.17) is 11.6 Å². The van der Waals surface area contributed by atoms with Crippen LogP contribution in [0.15, 0.2) is 53.9 Å². The number of anilines is 2. The Morgan fingerprint density at radius 2 is 1.83 bits per heavy atom. The fourth-order valence-electron chi connectivity index (χ4n) is 2.32. The summed E-state index contributed by atoms with van der Waals surface area (Å²) >= 11 is 7.48. The molecule has 0 saturated heterocycles. The number of halogens is 1. The molecule has 3 rings (SSSR count). The Bertz CT molecular complexity index is 847. The summed E-state index contributed by atoms with van der Waals surface area (Å²) in [5.74, 6) is 0. The van der Waals surface area contributed by atoms with E-state index in [1.54, 1.807) is 12.1 Å². The Kier molecular flexibility index (Phi) is 4.78. The van der Waals surface area contributed by atoms with Gasteiger partial charge in [0.05, 0.1) is 10.6 Å². The number of nitrogens with zero attached hydrogens (tertiary/aromatic N) is 3. The number of benzene rings is 2. The monoisotopic (exact) mass is 359 g/mol. The van der Waals surface area contributed by atoms with Crippen molar-refractivity contribution in [2.45, 2.75) is 6.92 Å². The lowest BCUT2D eigenvalue weighted by molar-refractivity contribution is -0.384. The molecule has 0 saturated carbocycles. The Morgan fingerprint density at radius 1 is 1.17 bits per heavy atom. The maximum Gasteiger partial charge on any atom is 0.269 e. The zero-order chi connectivity index (χ0) is 17.1. The van der Waals surface area contributed by atoms with Crippen molar-refractivity contribution in [3.8, 4) is 11.3 Å². The van der Waals surface area contributed by atoms with Gasteiger partial charge in [-0.05, 0) is 43.3 Å². The van der Waals surface area contributed by atoms with Crippen LogP contribution in [0.1, 0.15) is 6.92 Å². The molecule has 0 atom stereocenters. The van der Waals surface area contributed by atoms with Crippen molar-refractivity contribution in [1.29, 1.82) is 0 Å². The summed E-state index contributed by atoms with van der Waals surface area (Å²) in [6.07, 6.45) is 0. The Morgan fingerprint density at radius 3 is 2.42 bits per heavy atom. The van der Waals surface area contributed by atoms with Gasteiger partial charge in [-0.15, -0.1) is 11.3 Å². The fraction of sp³-hybridized carbons (Fsp3) is 0.118. The third kappa shape index (κ3) is 3.39. The summed E-state index contributed by atoms with van der Waals surface area (Å²) in [4.78, 5) is 17.1. The first-order valence-corrected chi connectivity index (χ1v) is 8.57. The lowest BCUT2D eigenvalue weighted by Gasteiger charge is -2.19. The highest BCUT2D eigenvalue weighted by molar-refractivity contribution is 7.14. The van der Waals surface area contributed by atoms with E-state index in [0.717, 1.165) is 28.6 Å². The predicted molar refractivity (Wildman–Crippen MR) is 98.3 cm³/mol. The van der Waals surface area contributed by atoms with Gasteiger partial charge in [-0.25, -0.2) is 4.98 Å².